The fourth-order valence-corrected chi connectivity index (χ4v) is 2.06. The van der Waals surface area contributed by atoms with Crippen LogP contribution in [0.4, 0.5) is 0 Å². The van der Waals surface area contributed by atoms with E-state index in [4.69, 9.17) is 0 Å². The van der Waals surface area contributed by atoms with Crippen molar-refractivity contribution in [3.63, 3.8) is 0 Å². The summed E-state index contributed by atoms with van der Waals surface area (Å²) < 4.78 is 0. The van der Waals surface area contributed by atoms with Crippen LogP contribution in [-0.4, -0.2) is 34.6 Å². The standard InChI is InChI=1S/C16H25N5.HI/c1-5-17-15(21-16(2,3)4)18-11-10-14-19-12-8-6-7-9-13(12)20-14;/h6-9H,5,10-11H2,1-4H3,(H,19,20)(H2,17,18,21);1H. The molecule has 122 valence electrons. The summed E-state index contributed by atoms with van der Waals surface area (Å²) in [7, 11) is 0. The van der Waals surface area contributed by atoms with Gasteiger partial charge in [0.15, 0.2) is 5.96 Å². The molecular weight excluding hydrogens is 389 g/mol. The summed E-state index contributed by atoms with van der Waals surface area (Å²) in [5.41, 5.74) is 2.09. The third kappa shape index (κ3) is 5.82. The predicted molar refractivity (Wildman–Crippen MR) is 104 cm³/mol. The molecule has 1 aromatic heterocycles. The number of guanidine groups is 1. The van der Waals surface area contributed by atoms with Crippen molar-refractivity contribution in [2.45, 2.75) is 39.7 Å². The molecule has 5 nitrogen and oxygen atoms in total. The maximum atomic E-state index is 4.60. The first kappa shape index (κ1) is 18.7. The highest BCUT2D eigenvalue weighted by molar-refractivity contribution is 14.0. The number of hydrogen-bond acceptors (Lipinski definition) is 2. The van der Waals surface area contributed by atoms with Crippen LogP contribution >= 0.6 is 24.0 Å². The maximum absolute atomic E-state index is 4.60. The Morgan fingerprint density at radius 3 is 2.64 bits per heavy atom. The van der Waals surface area contributed by atoms with Crippen molar-refractivity contribution in [1.29, 1.82) is 0 Å². The van der Waals surface area contributed by atoms with Crippen LogP contribution in [0.15, 0.2) is 29.3 Å². The average Bonchev–Trinajstić information content (AvgIpc) is 2.79. The number of benzene rings is 1. The Kier molecular flexibility index (Phi) is 7.12. The van der Waals surface area contributed by atoms with E-state index in [1.165, 1.54) is 0 Å². The Bertz CT molecular complexity index is 579. The van der Waals surface area contributed by atoms with Crippen LogP contribution in [0, 0.1) is 0 Å². The molecule has 0 unspecified atom stereocenters. The van der Waals surface area contributed by atoms with Gasteiger partial charge in [-0.3, -0.25) is 4.99 Å². The number of hydrogen-bond donors (Lipinski definition) is 3. The van der Waals surface area contributed by atoms with E-state index in [1.807, 2.05) is 24.3 Å². The maximum Gasteiger partial charge on any atom is 0.191 e. The molecule has 0 saturated heterocycles. The largest absolute Gasteiger partial charge is 0.357 e. The topological polar surface area (TPSA) is 65.1 Å². The molecule has 1 aromatic carbocycles. The molecule has 0 saturated carbocycles. The van der Waals surface area contributed by atoms with Crippen LogP contribution in [0.25, 0.3) is 11.0 Å². The zero-order chi connectivity index (χ0) is 15.3. The second-order valence-electron chi connectivity index (χ2n) is 6.09. The third-order valence-corrected chi connectivity index (χ3v) is 2.89. The molecule has 0 aliphatic rings. The van der Waals surface area contributed by atoms with Gasteiger partial charge in [-0.1, -0.05) is 12.1 Å². The minimum absolute atomic E-state index is 0. The van der Waals surface area contributed by atoms with Crippen molar-refractivity contribution in [3.8, 4) is 0 Å². The molecule has 0 fully saturated rings. The van der Waals surface area contributed by atoms with E-state index >= 15 is 0 Å². The normalized spacial score (nSPS) is 12.1. The average molecular weight is 415 g/mol. The number of rotatable bonds is 4. The SMILES string of the molecule is CCNC(=NCCc1nc2ccccc2[nH]1)NC(C)(C)C.I. The number of fused-ring (bicyclic) bond motifs is 1. The molecule has 2 aromatic rings. The van der Waals surface area contributed by atoms with Crippen LogP contribution in [0.5, 0.6) is 0 Å². The number of aromatic nitrogens is 2. The number of nitrogens with one attached hydrogen (secondary N) is 3. The van der Waals surface area contributed by atoms with Gasteiger partial charge in [0.05, 0.1) is 11.0 Å². The zero-order valence-electron chi connectivity index (χ0n) is 13.7. The molecule has 0 atom stereocenters. The number of H-pyrrole nitrogens is 1. The second kappa shape index (κ2) is 8.36. The lowest BCUT2D eigenvalue weighted by Gasteiger charge is -2.23. The molecule has 0 spiro atoms. The van der Waals surface area contributed by atoms with Crippen molar-refractivity contribution >= 4 is 41.0 Å². The summed E-state index contributed by atoms with van der Waals surface area (Å²) in [6.07, 6.45) is 0.801. The number of aromatic amines is 1. The molecule has 0 aliphatic heterocycles. The Morgan fingerprint density at radius 1 is 1.27 bits per heavy atom. The first-order chi connectivity index (χ1) is 9.98. The molecule has 6 heteroatoms. The fourth-order valence-electron chi connectivity index (χ4n) is 2.06. The Labute approximate surface area is 149 Å². The monoisotopic (exact) mass is 415 g/mol. The van der Waals surface area contributed by atoms with Crippen LogP contribution in [0.1, 0.15) is 33.5 Å². The zero-order valence-corrected chi connectivity index (χ0v) is 16.1. The first-order valence-electron chi connectivity index (χ1n) is 7.48. The van der Waals surface area contributed by atoms with Crippen molar-refractivity contribution in [2.24, 2.45) is 4.99 Å². The molecule has 0 bridgehead atoms. The molecule has 0 aliphatic carbocycles. The van der Waals surface area contributed by atoms with E-state index in [0.29, 0.717) is 6.54 Å². The van der Waals surface area contributed by atoms with Crippen molar-refractivity contribution in [2.75, 3.05) is 13.1 Å². The summed E-state index contributed by atoms with van der Waals surface area (Å²) in [6.45, 7) is 9.99. The highest BCUT2D eigenvalue weighted by atomic mass is 127. The summed E-state index contributed by atoms with van der Waals surface area (Å²) >= 11 is 0. The van der Waals surface area contributed by atoms with Gasteiger partial charge in [0.1, 0.15) is 5.82 Å². The lowest BCUT2D eigenvalue weighted by Crippen LogP contribution is -2.47. The van der Waals surface area contributed by atoms with Gasteiger partial charge < -0.3 is 15.6 Å². The third-order valence-electron chi connectivity index (χ3n) is 2.89. The number of nitrogens with zero attached hydrogens (tertiary/aromatic N) is 2. The van der Waals surface area contributed by atoms with Gasteiger partial charge >= 0.3 is 0 Å². The van der Waals surface area contributed by atoms with Gasteiger partial charge in [0.2, 0.25) is 0 Å². The van der Waals surface area contributed by atoms with E-state index < -0.39 is 0 Å². The number of halogens is 1. The summed E-state index contributed by atoms with van der Waals surface area (Å²) in [6, 6.07) is 8.07. The van der Waals surface area contributed by atoms with E-state index in [1.54, 1.807) is 0 Å². The van der Waals surface area contributed by atoms with Gasteiger partial charge in [0, 0.05) is 25.0 Å². The minimum atomic E-state index is 0. The van der Waals surface area contributed by atoms with Crippen LogP contribution in [0.2, 0.25) is 0 Å². The molecule has 3 N–H and O–H groups in total. The van der Waals surface area contributed by atoms with Crippen molar-refractivity contribution in [1.82, 2.24) is 20.6 Å². The first-order valence-corrected chi connectivity index (χ1v) is 7.48. The molecule has 1 heterocycles. The predicted octanol–water partition coefficient (Wildman–Crippen LogP) is 3.08. The van der Waals surface area contributed by atoms with Crippen LogP contribution in [-0.2, 0) is 6.42 Å². The number of aliphatic imine (C=N–C) groups is 1. The fraction of sp³-hybridized carbons (Fsp3) is 0.500. The Hall–Kier alpha value is -1.31. The smallest absolute Gasteiger partial charge is 0.191 e. The quantitative estimate of drug-likeness (QED) is 0.409. The minimum Gasteiger partial charge on any atom is -0.357 e. The Morgan fingerprint density at radius 2 is 2.00 bits per heavy atom. The second-order valence-corrected chi connectivity index (χ2v) is 6.09. The molecular formula is C16H26IN5. The highest BCUT2D eigenvalue weighted by Gasteiger charge is 2.11. The molecule has 2 rings (SSSR count). The summed E-state index contributed by atoms with van der Waals surface area (Å²) in [5, 5.41) is 6.64. The van der Waals surface area contributed by atoms with Gasteiger partial charge in [-0.15, -0.1) is 24.0 Å². The van der Waals surface area contributed by atoms with Gasteiger partial charge in [-0.2, -0.15) is 0 Å². The van der Waals surface area contributed by atoms with Crippen LogP contribution < -0.4 is 10.6 Å². The lowest BCUT2D eigenvalue weighted by molar-refractivity contribution is 0.501. The van der Waals surface area contributed by atoms with Crippen LogP contribution in [0.3, 0.4) is 0 Å². The number of para-hydroxylation sites is 2. The lowest BCUT2D eigenvalue weighted by atomic mass is 10.1. The molecule has 0 radical (unpaired) electrons. The van der Waals surface area contributed by atoms with E-state index in [-0.39, 0.29) is 29.5 Å². The Balaban J connectivity index is 0.00000242. The number of imidazole rings is 1. The van der Waals surface area contributed by atoms with E-state index in [9.17, 15) is 0 Å². The van der Waals surface area contributed by atoms with Gasteiger partial charge in [-0.05, 0) is 39.8 Å². The van der Waals surface area contributed by atoms with E-state index in [0.717, 1.165) is 35.8 Å². The van der Waals surface area contributed by atoms with Crippen molar-refractivity contribution in [3.05, 3.63) is 30.1 Å². The highest BCUT2D eigenvalue weighted by Crippen LogP contribution is 2.10. The summed E-state index contributed by atoms with van der Waals surface area (Å²) in [4.78, 5) is 12.5. The van der Waals surface area contributed by atoms with Crippen molar-refractivity contribution < 1.29 is 0 Å². The van der Waals surface area contributed by atoms with Gasteiger partial charge in [0.25, 0.3) is 0 Å². The molecule has 0 amide bonds. The molecule has 22 heavy (non-hydrogen) atoms. The van der Waals surface area contributed by atoms with E-state index in [2.05, 4.69) is 53.3 Å². The summed E-state index contributed by atoms with van der Waals surface area (Å²) in [5.74, 6) is 1.83. The van der Waals surface area contributed by atoms with Gasteiger partial charge in [-0.25, -0.2) is 4.98 Å².